The number of alkyl halides is 3. The highest BCUT2D eigenvalue weighted by atomic mass is 35.5. The Hall–Kier alpha value is -1.27. The second kappa shape index (κ2) is 6.45. The summed E-state index contributed by atoms with van der Waals surface area (Å²) in [6.45, 7) is 1.10. The fourth-order valence-corrected chi connectivity index (χ4v) is 1.89. The number of carboxylic acid groups (broad SMARTS) is 1. The first-order chi connectivity index (χ1) is 9.12. The Morgan fingerprint density at radius 3 is 2.25 bits per heavy atom. The molecule has 3 nitrogen and oxygen atoms in total. The van der Waals surface area contributed by atoms with Crippen molar-refractivity contribution in [3.05, 3.63) is 34.9 Å². The van der Waals surface area contributed by atoms with E-state index in [1.165, 1.54) is 11.9 Å². The van der Waals surface area contributed by atoms with Crippen molar-refractivity contribution >= 4 is 17.6 Å². The summed E-state index contributed by atoms with van der Waals surface area (Å²) in [4.78, 5) is 12.1. The van der Waals surface area contributed by atoms with Gasteiger partial charge in [-0.05, 0) is 31.7 Å². The van der Waals surface area contributed by atoms with E-state index in [1.54, 1.807) is 31.2 Å². The molecule has 1 aromatic carbocycles. The van der Waals surface area contributed by atoms with Crippen LogP contribution in [0.25, 0.3) is 0 Å². The largest absolute Gasteiger partial charge is 0.481 e. The summed E-state index contributed by atoms with van der Waals surface area (Å²) in [7, 11) is 1.46. The van der Waals surface area contributed by atoms with E-state index in [2.05, 4.69) is 0 Å². The average Bonchev–Trinajstić information content (AvgIpc) is 2.33. The lowest BCUT2D eigenvalue weighted by molar-refractivity contribution is -0.196. The standard InChI is InChI=1S/C13H15ClF3NO2/c1-8(9-3-5-10(14)6-4-9)18(2)7-11(12(19)20)13(15,16)17/h3-6,8,11H,7H2,1-2H3,(H,19,20). The van der Waals surface area contributed by atoms with Gasteiger partial charge >= 0.3 is 12.1 Å². The van der Waals surface area contributed by atoms with Gasteiger partial charge in [-0.25, -0.2) is 0 Å². The maximum absolute atomic E-state index is 12.6. The van der Waals surface area contributed by atoms with Crippen LogP contribution in [0.3, 0.4) is 0 Å². The van der Waals surface area contributed by atoms with E-state index in [9.17, 15) is 18.0 Å². The molecule has 2 atom stereocenters. The summed E-state index contributed by atoms with van der Waals surface area (Å²) in [6.07, 6.45) is -4.76. The van der Waals surface area contributed by atoms with Gasteiger partial charge in [0.25, 0.3) is 0 Å². The summed E-state index contributed by atoms with van der Waals surface area (Å²) < 4.78 is 37.9. The minimum atomic E-state index is -4.76. The monoisotopic (exact) mass is 309 g/mol. The van der Waals surface area contributed by atoms with Gasteiger partial charge in [0.1, 0.15) is 0 Å². The summed E-state index contributed by atoms with van der Waals surface area (Å²) >= 11 is 5.74. The molecule has 0 spiro atoms. The molecule has 0 bridgehead atoms. The van der Waals surface area contributed by atoms with E-state index in [1.807, 2.05) is 0 Å². The molecule has 7 heteroatoms. The highest BCUT2D eigenvalue weighted by Crippen LogP contribution is 2.29. The molecule has 20 heavy (non-hydrogen) atoms. The number of rotatable bonds is 5. The summed E-state index contributed by atoms with van der Waals surface area (Å²) in [5.41, 5.74) is 0.767. The molecule has 0 amide bonds. The Balaban J connectivity index is 2.81. The van der Waals surface area contributed by atoms with E-state index in [4.69, 9.17) is 16.7 Å². The molecule has 0 heterocycles. The minimum Gasteiger partial charge on any atom is -0.481 e. The molecule has 0 fully saturated rings. The Morgan fingerprint density at radius 1 is 1.35 bits per heavy atom. The number of hydrogen-bond donors (Lipinski definition) is 1. The summed E-state index contributed by atoms with van der Waals surface area (Å²) in [5.74, 6) is -4.27. The normalized spacial score (nSPS) is 15.2. The van der Waals surface area contributed by atoms with Crippen LogP contribution in [-0.2, 0) is 4.79 Å². The molecule has 1 N–H and O–H groups in total. The highest BCUT2D eigenvalue weighted by Gasteiger charge is 2.45. The van der Waals surface area contributed by atoms with Gasteiger partial charge in [-0.3, -0.25) is 9.69 Å². The van der Waals surface area contributed by atoms with E-state index in [-0.39, 0.29) is 6.04 Å². The van der Waals surface area contributed by atoms with Gasteiger partial charge in [-0.15, -0.1) is 0 Å². The Labute approximate surface area is 120 Å². The lowest BCUT2D eigenvalue weighted by atomic mass is 10.0. The first-order valence-electron chi connectivity index (χ1n) is 5.88. The SMILES string of the molecule is CC(c1ccc(Cl)cc1)N(C)CC(C(=O)O)C(F)(F)F. The number of aliphatic carboxylic acids is 1. The second-order valence-electron chi connectivity index (χ2n) is 4.60. The third-order valence-corrected chi connectivity index (χ3v) is 3.43. The van der Waals surface area contributed by atoms with Crippen LogP contribution in [0, 0.1) is 5.92 Å². The van der Waals surface area contributed by atoms with Gasteiger partial charge in [-0.2, -0.15) is 13.2 Å². The summed E-state index contributed by atoms with van der Waals surface area (Å²) in [6, 6.07) is 6.33. The predicted molar refractivity (Wildman–Crippen MR) is 69.7 cm³/mol. The average molecular weight is 310 g/mol. The molecule has 0 aliphatic heterocycles. The maximum atomic E-state index is 12.6. The van der Waals surface area contributed by atoms with Crippen molar-refractivity contribution in [3.63, 3.8) is 0 Å². The van der Waals surface area contributed by atoms with E-state index < -0.39 is 24.6 Å². The molecule has 0 aliphatic carbocycles. The zero-order valence-electron chi connectivity index (χ0n) is 11.0. The molecule has 0 aliphatic rings. The fourth-order valence-electron chi connectivity index (χ4n) is 1.76. The van der Waals surface area contributed by atoms with Crippen molar-refractivity contribution in [2.45, 2.75) is 19.1 Å². The van der Waals surface area contributed by atoms with Crippen LogP contribution in [0.2, 0.25) is 5.02 Å². The molecule has 0 radical (unpaired) electrons. The van der Waals surface area contributed by atoms with E-state index in [0.717, 1.165) is 5.56 Å². The van der Waals surface area contributed by atoms with Gasteiger partial charge < -0.3 is 5.11 Å². The van der Waals surface area contributed by atoms with Gasteiger partial charge in [0.2, 0.25) is 0 Å². The first-order valence-corrected chi connectivity index (χ1v) is 6.26. The highest BCUT2D eigenvalue weighted by molar-refractivity contribution is 6.30. The van der Waals surface area contributed by atoms with Crippen LogP contribution in [0.5, 0.6) is 0 Å². The zero-order chi connectivity index (χ0) is 15.5. The lowest BCUT2D eigenvalue weighted by Crippen LogP contribution is -2.40. The number of benzene rings is 1. The van der Waals surface area contributed by atoms with Crippen molar-refractivity contribution in [1.82, 2.24) is 4.90 Å². The van der Waals surface area contributed by atoms with Crippen LogP contribution < -0.4 is 0 Å². The van der Waals surface area contributed by atoms with Crippen LogP contribution in [0.4, 0.5) is 13.2 Å². The molecule has 1 rings (SSSR count). The quantitative estimate of drug-likeness (QED) is 0.903. The zero-order valence-corrected chi connectivity index (χ0v) is 11.7. The molecule has 2 unspecified atom stereocenters. The Morgan fingerprint density at radius 2 is 1.85 bits per heavy atom. The molecule has 112 valence electrons. The molecule has 0 saturated heterocycles. The molecular weight excluding hydrogens is 295 g/mol. The number of carboxylic acids is 1. The number of carbonyl (C=O) groups is 1. The van der Waals surface area contributed by atoms with Gasteiger partial charge in [-0.1, -0.05) is 23.7 Å². The van der Waals surface area contributed by atoms with Gasteiger partial charge in [0, 0.05) is 17.6 Å². The molecule has 0 saturated carbocycles. The van der Waals surface area contributed by atoms with Crippen molar-refractivity contribution in [2.75, 3.05) is 13.6 Å². The third-order valence-electron chi connectivity index (χ3n) is 3.18. The van der Waals surface area contributed by atoms with Crippen molar-refractivity contribution < 1.29 is 23.1 Å². The number of hydrogen-bond acceptors (Lipinski definition) is 2. The van der Waals surface area contributed by atoms with E-state index in [0.29, 0.717) is 5.02 Å². The minimum absolute atomic E-state index is 0.350. The number of nitrogens with zero attached hydrogens (tertiary/aromatic N) is 1. The van der Waals surface area contributed by atoms with Crippen LogP contribution >= 0.6 is 11.6 Å². The van der Waals surface area contributed by atoms with Crippen molar-refractivity contribution in [3.8, 4) is 0 Å². The maximum Gasteiger partial charge on any atom is 0.403 e. The van der Waals surface area contributed by atoms with Crippen LogP contribution in [-0.4, -0.2) is 35.7 Å². The van der Waals surface area contributed by atoms with Crippen molar-refractivity contribution in [2.24, 2.45) is 5.92 Å². The van der Waals surface area contributed by atoms with Crippen LogP contribution in [0.1, 0.15) is 18.5 Å². The van der Waals surface area contributed by atoms with Gasteiger partial charge in [0.15, 0.2) is 5.92 Å². The van der Waals surface area contributed by atoms with Crippen molar-refractivity contribution in [1.29, 1.82) is 0 Å². The Bertz CT molecular complexity index is 462. The molecular formula is C13H15ClF3NO2. The molecule has 1 aromatic rings. The first kappa shape index (κ1) is 16.8. The smallest absolute Gasteiger partial charge is 0.403 e. The van der Waals surface area contributed by atoms with Gasteiger partial charge in [0.05, 0.1) is 0 Å². The number of halogens is 4. The second-order valence-corrected chi connectivity index (χ2v) is 5.04. The lowest BCUT2D eigenvalue weighted by Gasteiger charge is -2.28. The van der Waals surface area contributed by atoms with E-state index >= 15 is 0 Å². The summed E-state index contributed by atoms with van der Waals surface area (Å²) in [5, 5.41) is 9.21. The van der Waals surface area contributed by atoms with Crippen LogP contribution in [0.15, 0.2) is 24.3 Å². The topological polar surface area (TPSA) is 40.5 Å². The third kappa shape index (κ3) is 4.38. The predicted octanol–water partition coefficient (Wildman–Crippen LogP) is 3.60. The fraction of sp³-hybridized carbons (Fsp3) is 0.462. The Kier molecular flexibility index (Phi) is 5.42. The molecule has 0 aromatic heterocycles.